The molecule has 0 radical (unpaired) electrons. The lowest BCUT2D eigenvalue weighted by Crippen LogP contribution is -2.44. The highest BCUT2D eigenvalue weighted by Gasteiger charge is 2.32. The van der Waals surface area contributed by atoms with Gasteiger partial charge in [0.2, 0.25) is 0 Å². The van der Waals surface area contributed by atoms with Crippen molar-refractivity contribution in [2.75, 3.05) is 19.7 Å². The lowest BCUT2D eigenvalue weighted by molar-refractivity contribution is -0.134. The zero-order valence-corrected chi connectivity index (χ0v) is 14.9. The van der Waals surface area contributed by atoms with Crippen LogP contribution in [0, 0.1) is 5.82 Å². The van der Waals surface area contributed by atoms with Crippen LogP contribution in [0.4, 0.5) is 4.39 Å². The molecule has 3 rings (SSSR count). The number of pyridine rings is 1. The molecule has 0 unspecified atom stereocenters. The monoisotopic (exact) mass is 378 g/mol. The molecule has 0 N–H and O–H groups in total. The van der Waals surface area contributed by atoms with Gasteiger partial charge in [0.1, 0.15) is 11.6 Å². The van der Waals surface area contributed by atoms with Crippen molar-refractivity contribution in [2.45, 2.75) is 23.0 Å². The minimum Gasteiger partial charge on any atom is -0.482 e. The number of likely N-dealkylation sites (tertiary alicyclic amines) is 1. The predicted molar refractivity (Wildman–Crippen MR) is 92.9 cm³/mol. The summed E-state index contributed by atoms with van der Waals surface area (Å²) in [6.07, 6.45) is 3.83. The predicted octanol–water partition coefficient (Wildman–Crippen LogP) is 2.06. The quantitative estimate of drug-likeness (QED) is 0.745. The van der Waals surface area contributed by atoms with Crippen LogP contribution in [0.15, 0.2) is 53.7 Å². The number of amides is 1. The molecule has 1 amide bonds. The molecule has 0 saturated carbocycles. The highest BCUT2D eigenvalue weighted by molar-refractivity contribution is 7.92. The molecule has 0 bridgehead atoms. The van der Waals surface area contributed by atoms with E-state index in [1.165, 1.54) is 18.3 Å². The fourth-order valence-electron chi connectivity index (χ4n) is 2.90. The number of ether oxygens (including phenoxy) is 1. The number of carbonyl (C=O) groups is 1. The third-order valence-corrected chi connectivity index (χ3v) is 6.65. The number of nitrogens with zero attached hydrogens (tertiary/aromatic N) is 2. The number of piperidine rings is 1. The van der Waals surface area contributed by atoms with Gasteiger partial charge in [-0.1, -0.05) is 0 Å². The molecule has 2 aromatic rings. The number of rotatable bonds is 5. The van der Waals surface area contributed by atoms with E-state index in [9.17, 15) is 17.6 Å². The van der Waals surface area contributed by atoms with Crippen LogP contribution < -0.4 is 4.74 Å². The van der Waals surface area contributed by atoms with Crippen LogP contribution in [0.3, 0.4) is 0 Å². The van der Waals surface area contributed by atoms with Crippen molar-refractivity contribution < 1.29 is 22.3 Å². The Balaban J connectivity index is 1.55. The summed E-state index contributed by atoms with van der Waals surface area (Å²) in [5, 5.41) is -0.573. The maximum atomic E-state index is 13.0. The Morgan fingerprint density at radius 3 is 2.50 bits per heavy atom. The highest BCUT2D eigenvalue weighted by Crippen LogP contribution is 2.25. The Hall–Kier alpha value is -2.48. The van der Waals surface area contributed by atoms with Crippen molar-refractivity contribution >= 4 is 15.7 Å². The minimum atomic E-state index is -3.53. The van der Waals surface area contributed by atoms with E-state index in [1.807, 2.05) is 0 Å². The van der Waals surface area contributed by atoms with E-state index < -0.39 is 20.9 Å². The molecule has 6 nitrogen and oxygen atoms in total. The third kappa shape index (κ3) is 4.19. The summed E-state index contributed by atoms with van der Waals surface area (Å²) in [6.45, 7) is 0.585. The molecule has 1 saturated heterocycles. The molecule has 0 spiro atoms. The van der Waals surface area contributed by atoms with Crippen LogP contribution in [0.2, 0.25) is 0 Å². The average molecular weight is 378 g/mol. The summed E-state index contributed by atoms with van der Waals surface area (Å²) in [5.41, 5.74) is 0. The first-order valence-electron chi connectivity index (χ1n) is 8.27. The zero-order valence-electron chi connectivity index (χ0n) is 14.0. The van der Waals surface area contributed by atoms with E-state index in [-0.39, 0.29) is 17.4 Å². The molecule has 2 heterocycles. The van der Waals surface area contributed by atoms with Gasteiger partial charge < -0.3 is 9.64 Å². The molecule has 8 heteroatoms. The number of halogens is 1. The third-order valence-electron chi connectivity index (χ3n) is 4.37. The van der Waals surface area contributed by atoms with Crippen molar-refractivity contribution in [3.8, 4) is 5.75 Å². The zero-order chi connectivity index (χ0) is 18.6. The van der Waals surface area contributed by atoms with Crippen LogP contribution in [0.1, 0.15) is 12.8 Å². The molecule has 1 fully saturated rings. The number of hydrogen-bond acceptors (Lipinski definition) is 5. The first-order valence-corrected chi connectivity index (χ1v) is 9.81. The van der Waals surface area contributed by atoms with Gasteiger partial charge in [-0.25, -0.2) is 12.8 Å². The maximum Gasteiger partial charge on any atom is 0.260 e. The summed E-state index contributed by atoms with van der Waals surface area (Å²) in [5.74, 6) is -0.154. The second kappa shape index (κ2) is 7.82. The number of aromatic nitrogens is 1. The summed E-state index contributed by atoms with van der Waals surface area (Å²) in [6, 6.07) is 8.27. The van der Waals surface area contributed by atoms with Crippen LogP contribution in [-0.2, 0) is 14.6 Å². The molecule has 1 aliphatic heterocycles. The van der Waals surface area contributed by atoms with Crippen LogP contribution >= 0.6 is 0 Å². The van der Waals surface area contributed by atoms with Crippen LogP contribution in [-0.4, -0.2) is 49.2 Å². The first kappa shape index (κ1) is 18.3. The van der Waals surface area contributed by atoms with E-state index in [0.717, 1.165) is 12.1 Å². The van der Waals surface area contributed by atoms with Crippen molar-refractivity contribution in [1.29, 1.82) is 0 Å². The van der Waals surface area contributed by atoms with Gasteiger partial charge in [0.15, 0.2) is 16.4 Å². The van der Waals surface area contributed by atoms with E-state index in [0.29, 0.717) is 31.7 Å². The van der Waals surface area contributed by atoms with Gasteiger partial charge in [-0.3, -0.25) is 9.78 Å². The van der Waals surface area contributed by atoms with Crippen LogP contribution in [0.25, 0.3) is 0 Å². The van der Waals surface area contributed by atoms with E-state index >= 15 is 0 Å². The molecular weight excluding hydrogens is 359 g/mol. The smallest absolute Gasteiger partial charge is 0.260 e. The fraction of sp³-hybridized carbons (Fsp3) is 0.333. The largest absolute Gasteiger partial charge is 0.482 e. The van der Waals surface area contributed by atoms with Crippen molar-refractivity contribution in [2.24, 2.45) is 0 Å². The number of hydrogen-bond donors (Lipinski definition) is 0. The Bertz CT molecular complexity index is 849. The number of sulfone groups is 1. The molecule has 26 heavy (non-hydrogen) atoms. The summed E-state index contributed by atoms with van der Waals surface area (Å²) < 4.78 is 43.6. The lowest BCUT2D eigenvalue weighted by Gasteiger charge is -2.31. The Kier molecular flexibility index (Phi) is 5.51. The van der Waals surface area contributed by atoms with E-state index in [2.05, 4.69) is 4.98 Å². The minimum absolute atomic E-state index is 0.110. The maximum absolute atomic E-state index is 13.0. The molecule has 138 valence electrons. The van der Waals surface area contributed by atoms with Crippen molar-refractivity contribution in [3.63, 3.8) is 0 Å². The van der Waals surface area contributed by atoms with Gasteiger partial charge >= 0.3 is 0 Å². The molecule has 1 aromatic carbocycles. The SMILES string of the molecule is O=C(COc1cccnc1)N1CCC(S(=O)(=O)c2ccc(F)cc2)CC1. The fourth-order valence-corrected chi connectivity index (χ4v) is 4.63. The van der Waals surface area contributed by atoms with Crippen molar-refractivity contribution in [3.05, 3.63) is 54.6 Å². The Morgan fingerprint density at radius 2 is 1.88 bits per heavy atom. The first-order chi connectivity index (χ1) is 12.5. The van der Waals surface area contributed by atoms with E-state index in [4.69, 9.17) is 4.74 Å². The van der Waals surface area contributed by atoms with Gasteiger partial charge in [-0.05, 0) is 49.2 Å². The Labute approximate surface area is 151 Å². The highest BCUT2D eigenvalue weighted by atomic mass is 32.2. The van der Waals surface area contributed by atoms with Gasteiger partial charge in [0.25, 0.3) is 5.91 Å². The normalized spacial score (nSPS) is 15.7. The van der Waals surface area contributed by atoms with E-state index in [1.54, 1.807) is 23.2 Å². The number of benzene rings is 1. The number of carbonyl (C=O) groups excluding carboxylic acids is 1. The summed E-state index contributed by atoms with van der Waals surface area (Å²) >= 11 is 0. The van der Waals surface area contributed by atoms with Gasteiger partial charge in [0, 0.05) is 19.3 Å². The molecule has 1 aromatic heterocycles. The standard InChI is InChI=1S/C18H19FN2O4S/c19-14-3-5-16(6-4-14)26(23,24)17-7-10-21(11-8-17)18(22)13-25-15-2-1-9-20-12-15/h1-6,9,12,17H,7-8,10-11,13H2. The summed E-state index contributed by atoms with van der Waals surface area (Å²) in [4.78, 5) is 17.8. The van der Waals surface area contributed by atoms with Crippen LogP contribution in [0.5, 0.6) is 5.75 Å². The second-order valence-corrected chi connectivity index (χ2v) is 8.28. The topological polar surface area (TPSA) is 76.6 Å². The molecular formula is C18H19FN2O4S. The molecule has 1 aliphatic rings. The summed E-state index contributed by atoms with van der Waals surface area (Å²) in [7, 11) is -3.53. The lowest BCUT2D eigenvalue weighted by atomic mass is 10.1. The molecule has 0 aliphatic carbocycles. The second-order valence-electron chi connectivity index (χ2n) is 6.06. The van der Waals surface area contributed by atoms with Crippen molar-refractivity contribution in [1.82, 2.24) is 9.88 Å². The van der Waals surface area contributed by atoms with Gasteiger partial charge in [-0.15, -0.1) is 0 Å². The van der Waals surface area contributed by atoms with Gasteiger partial charge in [0.05, 0.1) is 16.3 Å². The Morgan fingerprint density at radius 1 is 1.19 bits per heavy atom. The average Bonchev–Trinajstić information content (AvgIpc) is 2.67. The molecule has 0 atom stereocenters. The van der Waals surface area contributed by atoms with Gasteiger partial charge in [-0.2, -0.15) is 0 Å².